The van der Waals surface area contributed by atoms with E-state index in [1.165, 1.54) is 6.33 Å². The number of methoxy groups -OCH3 is 1. The van der Waals surface area contributed by atoms with Gasteiger partial charge in [0.25, 0.3) is 0 Å². The third-order valence-electron chi connectivity index (χ3n) is 3.55. The van der Waals surface area contributed by atoms with Gasteiger partial charge in [-0.3, -0.25) is 0 Å². The first-order valence-corrected chi connectivity index (χ1v) is 8.26. The number of hydrogen-bond donors (Lipinski definition) is 2. The van der Waals surface area contributed by atoms with Crippen LogP contribution < -0.4 is 11.1 Å². The molecule has 0 bridgehead atoms. The van der Waals surface area contributed by atoms with Crippen LogP contribution in [0, 0.1) is 0 Å². The molecule has 0 saturated heterocycles. The Hall–Kier alpha value is -2.03. The number of nitrogens with one attached hydrogen (secondary N) is 1. The van der Waals surface area contributed by atoms with Gasteiger partial charge in [0.05, 0.1) is 29.4 Å². The quantitative estimate of drug-likeness (QED) is 0.671. The molecule has 0 spiro atoms. The van der Waals surface area contributed by atoms with Crippen LogP contribution in [0.3, 0.4) is 0 Å². The summed E-state index contributed by atoms with van der Waals surface area (Å²) in [5.74, 6) is 0.703. The normalized spacial score (nSPS) is 13.8. The average Bonchev–Trinajstić information content (AvgIpc) is 2.97. The van der Waals surface area contributed by atoms with E-state index in [2.05, 4.69) is 36.3 Å². The van der Waals surface area contributed by atoms with Gasteiger partial charge in [-0.2, -0.15) is 5.10 Å². The van der Waals surface area contributed by atoms with Crippen LogP contribution in [0.5, 0.6) is 0 Å². The minimum absolute atomic E-state index is 0.450. The van der Waals surface area contributed by atoms with Gasteiger partial charge in [0.1, 0.15) is 12.1 Å². The summed E-state index contributed by atoms with van der Waals surface area (Å²) < 4.78 is 7.90. The fourth-order valence-corrected chi connectivity index (χ4v) is 2.84. The number of rotatable bonds is 6. The lowest BCUT2D eigenvalue weighted by Gasteiger charge is -2.24. The van der Waals surface area contributed by atoms with Gasteiger partial charge in [0, 0.05) is 18.1 Å². The Morgan fingerprint density at radius 1 is 1.38 bits per heavy atom. The number of ether oxygens (including phenoxy) is 1. The fraction of sp³-hybridized carbons (Fsp3) is 0.312. The number of halogens is 1. The minimum Gasteiger partial charge on any atom is -0.383 e. The number of nitrogens with zero attached hydrogens (tertiary/aromatic N) is 4. The van der Waals surface area contributed by atoms with Gasteiger partial charge in [-0.05, 0) is 25.1 Å². The van der Waals surface area contributed by atoms with Gasteiger partial charge >= 0.3 is 0 Å². The van der Waals surface area contributed by atoms with E-state index in [4.69, 9.17) is 10.5 Å². The van der Waals surface area contributed by atoms with Crippen LogP contribution >= 0.6 is 15.9 Å². The van der Waals surface area contributed by atoms with Crippen molar-refractivity contribution in [3.05, 3.63) is 41.3 Å². The van der Waals surface area contributed by atoms with Gasteiger partial charge in [0.15, 0.2) is 5.65 Å². The van der Waals surface area contributed by atoms with Gasteiger partial charge < -0.3 is 15.8 Å². The van der Waals surface area contributed by atoms with Crippen molar-refractivity contribution in [2.45, 2.75) is 12.5 Å². The number of nitrogens with two attached hydrogens (primary N) is 1. The Bertz CT molecular complexity index is 847. The summed E-state index contributed by atoms with van der Waals surface area (Å²) in [5.41, 5.74) is 7.34. The van der Waals surface area contributed by atoms with Crippen molar-refractivity contribution in [3.8, 4) is 5.69 Å². The standard InChI is InChI=1S/C16H19BrN6O/c1-16(18,9-24-2)8-19-14-13-7-22-23(15(13)21-10-20-14)12-5-3-4-11(17)6-12/h3-7,10H,8-9,18H2,1-2H3,(H,19,20,21). The summed E-state index contributed by atoms with van der Waals surface area (Å²) in [6.07, 6.45) is 3.27. The highest BCUT2D eigenvalue weighted by Crippen LogP contribution is 2.23. The van der Waals surface area contributed by atoms with E-state index in [-0.39, 0.29) is 0 Å². The van der Waals surface area contributed by atoms with E-state index in [0.29, 0.717) is 19.0 Å². The molecular weight excluding hydrogens is 372 g/mol. The van der Waals surface area contributed by atoms with Crippen molar-refractivity contribution in [2.75, 3.05) is 25.6 Å². The molecule has 8 heteroatoms. The third kappa shape index (κ3) is 3.55. The van der Waals surface area contributed by atoms with Gasteiger partial charge in [-0.1, -0.05) is 22.0 Å². The van der Waals surface area contributed by atoms with E-state index < -0.39 is 5.54 Å². The van der Waals surface area contributed by atoms with Crippen LogP contribution in [0.2, 0.25) is 0 Å². The first-order chi connectivity index (χ1) is 11.5. The molecule has 3 N–H and O–H groups in total. The van der Waals surface area contributed by atoms with Crippen LogP contribution in [-0.2, 0) is 4.74 Å². The molecule has 0 radical (unpaired) electrons. The van der Waals surface area contributed by atoms with Crippen molar-refractivity contribution < 1.29 is 4.74 Å². The van der Waals surface area contributed by atoms with Gasteiger partial charge in [-0.15, -0.1) is 0 Å². The summed E-state index contributed by atoms with van der Waals surface area (Å²) in [7, 11) is 1.63. The summed E-state index contributed by atoms with van der Waals surface area (Å²) in [6, 6.07) is 7.88. The number of benzene rings is 1. The van der Waals surface area contributed by atoms with Crippen LogP contribution in [-0.4, -0.2) is 45.5 Å². The van der Waals surface area contributed by atoms with E-state index in [9.17, 15) is 0 Å². The maximum atomic E-state index is 6.18. The van der Waals surface area contributed by atoms with Crippen molar-refractivity contribution in [1.82, 2.24) is 19.7 Å². The smallest absolute Gasteiger partial charge is 0.168 e. The van der Waals surface area contributed by atoms with E-state index in [1.807, 2.05) is 31.2 Å². The Labute approximate surface area is 148 Å². The predicted molar refractivity (Wildman–Crippen MR) is 97.3 cm³/mol. The summed E-state index contributed by atoms with van der Waals surface area (Å²) in [6.45, 7) is 2.90. The first-order valence-electron chi connectivity index (χ1n) is 7.46. The summed E-state index contributed by atoms with van der Waals surface area (Å²) in [5, 5.41) is 8.55. The Morgan fingerprint density at radius 3 is 2.96 bits per heavy atom. The van der Waals surface area contributed by atoms with Gasteiger partial charge in [-0.25, -0.2) is 14.6 Å². The summed E-state index contributed by atoms with van der Waals surface area (Å²) >= 11 is 3.48. The molecule has 2 aromatic heterocycles. The topological polar surface area (TPSA) is 90.9 Å². The molecule has 0 amide bonds. The number of hydrogen-bond acceptors (Lipinski definition) is 6. The maximum absolute atomic E-state index is 6.18. The van der Waals surface area contributed by atoms with Crippen molar-refractivity contribution in [3.63, 3.8) is 0 Å². The second-order valence-corrected chi connectivity index (χ2v) is 6.85. The zero-order valence-electron chi connectivity index (χ0n) is 13.5. The molecule has 0 aliphatic rings. The van der Waals surface area contributed by atoms with E-state index >= 15 is 0 Å². The van der Waals surface area contributed by atoms with Crippen molar-refractivity contribution >= 4 is 32.8 Å². The number of anilines is 1. The molecule has 2 heterocycles. The Balaban J connectivity index is 1.92. The number of fused-ring (bicyclic) bond motifs is 1. The lowest BCUT2D eigenvalue weighted by molar-refractivity contribution is 0.146. The largest absolute Gasteiger partial charge is 0.383 e. The van der Waals surface area contributed by atoms with Crippen LogP contribution in [0.25, 0.3) is 16.7 Å². The zero-order chi connectivity index (χ0) is 17.2. The molecule has 0 fully saturated rings. The molecule has 1 aromatic carbocycles. The molecule has 1 unspecified atom stereocenters. The van der Waals surface area contributed by atoms with Crippen LogP contribution in [0.1, 0.15) is 6.92 Å². The Kier molecular flexibility index (Phi) is 4.79. The van der Waals surface area contributed by atoms with Crippen molar-refractivity contribution in [2.24, 2.45) is 5.73 Å². The fourth-order valence-electron chi connectivity index (χ4n) is 2.45. The molecular formula is C16H19BrN6O. The third-order valence-corrected chi connectivity index (χ3v) is 4.05. The first kappa shape index (κ1) is 16.8. The lowest BCUT2D eigenvalue weighted by Crippen LogP contribution is -2.47. The second kappa shape index (κ2) is 6.84. The van der Waals surface area contributed by atoms with Crippen molar-refractivity contribution in [1.29, 1.82) is 0 Å². The lowest BCUT2D eigenvalue weighted by atomic mass is 10.1. The highest BCUT2D eigenvalue weighted by atomic mass is 79.9. The molecule has 0 saturated carbocycles. The summed E-state index contributed by atoms with van der Waals surface area (Å²) in [4.78, 5) is 8.68. The molecule has 3 rings (SSSR count). The van der Waals surface area contributed by atoms with E-state index in [1.54, 1.807) is 18.0 Å². The predicted octanol–water partition coefficient (Wildman–Crippen LogP) is 2.35. The number of aromatic nitrogens is 4. The molecule has 3 aromatic rings. The zero-order valence-corrected chi connectivity index (χ0v) is 15.1. The van der Waals surface area contributed by atoms with Crippen LogP contribution in [0.15, 0.2) is 41.3 Å². The molecule has 1 atom stereocenters. The maximum Gasteiger partial charge on any atom is 0.168 e. The average molecular weight is 391 g/mol. The minimum atomic E-state index is -0.494. The molecule has 126 valence electrons. The van der Waals surface area contributed by atoms with Gasteiger partial charge in [0.2, 0.25) is 0 Å². The van der Waals surface area contributed by atoms with E-state index in [0.717, 1.165) is 21.2 Å². The molecule has 24 heavy (non-hydrogen) atoms. The molecule has 0 aliphatic heterocycles. The SMILES string of the molecule is COCC(C)(N)CNc1ncnc2c1cnn2-c1cccc(Br)c1. The van der Waals surface area contributed by atoms with Crippen LogP contribution in [0.4, 0.5) is 5.82 Å². The Morgan fingerprint density at radius 2 is 2.21 bits per heavy atom. The molecule has 7 nitrogen and oxygen atoms in total. The highest BCUT2D eigenvalue weighted by molar-refractivity contribution is 9.10. The molecule has 0 aliphatic carbocycles. The second-order valence-electron chi connectivity index (χ2n) is 5.94. The monoisotopic (exact) mass is 390 g/mol. The highest BCUT2D eigenvalue weighted by Gasteiger charge is 2.19.